The van der Waals surface area contributed by atoms with Crippen molar-refractivity contribution in [1.29, 1.82) is 0 Å². The number of guanidine groups is 1. The van der Waals surface area contributed by atoms with Crippen molar-refractivity contribution in [3.05, 3.63) is 41.5 Å². The minimum Gasteiger partial charge on any atom is -0.377 e. The van der Waals surface area contributed by atoms with Crippen molar-refractivity contribution in [2.75, 3.05) is 26.1 Å². The molecule has 2 aromatic rings. The number of fused-ring (bicyclic) bond motifs is 1. The summed E-state index contributed by atoms with van der Waals surface area (Å²) in [6.45, 7) is 2.40. The van der Waals surface area contributed by atoms with Crippen LogP contribution in [-0.2, 0) is 40.4 Å². The number of aliphatic imine (C=N–C) groups is 1. The van der Waals surface area contributed by atoms with E-state index in [1.807, 2.05) is 28.9 Å². The van der Waals surface area contributed by atoms with E-state index < -0.39 is 0 Å². The van der Waals surface area contributed by atoms with E-state index in [2.05, 4.69) is 31.0 Å². The molecule has 2 aliphatic heterocycles. The highest BCUT2D eigenvalue weighted by Gasteiger charge is 2.24. The van der Waals surface area contributed by atoms with Crippen LogP contribution in [0.15, 0.2) is 29.3 Å². The number of nitrogens with zero attached hydrogens (tertiary/aromatic N) is 4. The van der Waals surface area contributed by atoms with Crippen LogP contribution in [0.4, 0.5) is 5.69 Å². The van der Waals surface area contributed by atoms with E-state index in [4.69, 9.17) is 9.47 Å². The van der Waals surface area contributed by atoms with E-state index in [0.717, 1.165) is 61.1 Å². The van der Waals surface area contributed by atoms with E-state index in [1.165, 1.54) is 0 Å². The van der Waals surface area contributed by atoms with Gasteiger partial charge in [-0.2, -0.15) is 5.10 Å². The maximum absolute atomic E-state index is 12.3. The van der Waals surface area contributed by atoms with Crippen LogP contribution in [0, 0.1) is 0 Å². The number of anilines is 1. The highest BCUT2D eigenvalue weighted by atomic mass is 127. The van der Waals surface area contributed by atoms with Crippen LogP contribution >= 0.6 is 24.0 Å². The fourth-order valence-electron chi connectivity index (χ4n) is 4.01. The second kappa shape index (κ2) is 12.3. The van der Waals surface area contributed by atoms with Crippen LogP contribution in [0.3, 0.4) is 0 Å². The summed E-state index contributed by atoms with van der Waals surface area (Å²) in [5.41, 5.74) is 1.81. The van der Waals surface area contributed by atoms with Gasteiger partial charge in [0.25, 0.3) is 5.91 Å². The summed E-state index contributed by atoms with van der Waals surface area (Å²) in [5.74, 6) is 2.37. The van der Waals surface area contributed by atoms with Gasteiger partial charge in [-0.05, 0) is 37.0 Å². The zero-order chi connectivity index (χ0) is 22.3. The Hall–Kier alpha value is -2.25. The number of carbonyl (C=O) groups excluding carboxylic acids is 1. The second-order valence-corrected chi connectivity index (χ2v) is 8.06. The van der Waals surface area contributed by atoms with Gasteiger partial charge in [0.2, 0.25) is 0 Å². The third kappa shape index (κ3) is 6.87. The van der Waals surface area contributed by atoms with Crippen LogP contribution in [0.5, 0.6) is 0 Å². The minimum atomic E-state index is -0.341. The van der Waals surface area contributed by atoms with Crippen LogP contribution in [-0.4, -0.2) is 59.5 Å². The summed E-state index contributed by atoms with van der Waals surface area (Å²) in [7, 11) is 3.40. The summed E-state index contributed by atoms with van der Waals surface area (Å²) in [5, 5.41) is 14.3. The fourth-order valence-corrected chi connectivity index (χ4v) is 4.01. The Bertz CT molecular complexity index is 959. The lowest BCUT2D eigenvalue weighted by Crippen LogP contribution is -2.46. The van der Waals surface area contributed by atoms with Gasteiger partial charge in [-0.15, -0.1) is 24.0 Å². The Kier molecular flexibility index (Phi) is 9.44. The number of rotatable bonds is 7. The zero-order valence-electron chi connectivity index (χ0n) is 19.0. The van der Waals surface area contributed by atoms with Crippen molar-refractivity contribution in [2.45, 2.75) is 57.5 Å². The molecule has 2 atom stereocenters. The monoisotopic (exact) mass is 569 g/mol. The lowest BCUT2D eigenvalue weighted by Gasteiger charge is -2.25. The van der Waals surface area contributed by atoms with Gasteiger partial charge in [-0.25, -0.2) is 9.67 Å². The predicted octanol–water partition coefficient (Wildman–Crippen LogP) is 1.84. The molecule has 1 fully saturated rings. The number of ether oxygens (including phenoxy) is 2. The first kappa shape index (κ1) is 25.4. The number of aryl methyl sites for hydroxylation is 1. The SMILES string of the molecule is CN=C(NCc1cccc(NC(=O)C2CCCO2)c1)NC1CCc2nc(COC)nn2C1.I. The molecule has 0 aliphatic carbocycles. The van der Waals surface area contributed by atoms with Gasteiger partial charge < -0.3 is 25.4 Å². The molecule has 3 N–H and O–H groups in total. The van der Waals surface area contributed by atoms with Gasteiger partial charge in [-0.1, -0.05) is 12.1 Å². The minimum absolute atomic E-state index is 0. The topological polar surface area (TPSA) is 115 Å². The van der Waals surface area contributed by atoms with E-state index in [1.54, 1.807) is 14.2 Å². The number of amides is 1. The number of hydrogen-bond acceptors (Lipinski definition) is 6. The van der Waals surface area contributed by atoms with E-state index in [9.17, 15) is 4.79 Å². The fraction of sp³-hybridized carbons (Fsp3) is 0.545. The molecule has 4 rings (SSSR count). The van der Waals surface area contributed by atoms with Crippen molar-refractivity contribution >= 4 is 41.5 Å². The molecule has 1 saturated heterocycles. The summed E-state index contributed by atoms with van der Waals surface area (Å²) in [4.78, 5) is 21.2. The Morgan fingerprint density at radius 2 is 2.24 bits per heavy atom. The summed E-state index contributed by atoms with van der Waals surface area (Å²) < 4.78 is 12.5. The summed E-state index contributed by atoms with van der Waals surface area (Å²) >= 11 is 0. The molecule has 1 aromatic carbocycles. The molecular weight excluding hydrogens is 537 g/mol. The normalized spacial score (nSPS) is 20.0. The van der Waals surface area contributed by atoms with Crippen LogP contribution in [0.1, 0.15) is 36.5 Å². The molecule has 180 valence electrons. The predicted molar refractivity (Wildman–Crippen MR) is 136 cm³/mol. The third-order valence-electron chi connectivity index (χ3n) is 5.62. The van der Waals surface area contributed by atoms with E-state index >= 15 is 0 Å². The van der Waals surface area contributed by atoms with E-state index in [-0.39, 0.29) is 42.0 Å². The van der Waals surface area contributed by atoms with Crippen LogP contribution in [0.2, 0.25) is 0 Å². The number of halogens is 1. The van der Waals surface area contributed by atoms with E-state index in [0.29, 0.717) is 19.8 Å². The molecule has 0 spiro atoms. The molecule has 0 bridgehead atoms. The lowest BCUT2D eigenvalue weighted by atomic mass is 10.1. The van der Waals surface area contributed by atoms with Crippen LogP contribution < -0.4 is 16.0 Å². The summed E-state index contributed by atoms with van der Waals surface area (Å²) in [6.07, 6.45) is 3.18. The molecule has 2 aliphatic rings. The van der Waals surface area contributed by atoms with Gasteiger partial charge in [0.1, 0.15) is 18.5 Å². The smallest absolute Gasteiger partial charge is 0.253 e. The molecule has 2 unspecified atom stereocenters. The first-order valence-corrected chi connectivity index (χ1v) is 11.0. The van der Waals surface area contributed by atoms with Crippen molar-refractivity contribution in [3.63, 3.8) is 0 Å². The Labute approximate surface area is 210 Å². The number of hydrogen-bond donors (Lipinski definition) is 3. The maximum atomic E-state index is 12.3. The first-order chi connectivity index (χ1) is 15.6. The number of methoxy groups -OCH3 is 1. The van der Waals surface area contributed by atoms with Crippen molar-refractivity contribution < 1.29 is 14.3 Å². The molecule has 10 nitrogen and oxygen atoms in total. The first-order valence-electron chi connectivity index (χ1n) is 11.0. The molecule has 1 amide bonds. The van der Waals surface area contributed by atoms with Crippen molar-refractivity contribution in [2.24, 2.45) is 4.99 Å². The molecule has 0 saturated carbocycles. The maximum Gasteiger partial charge on any atom is 0.253 e. The number of nitrogens with one attached hydrogen (secondary N) is 3. The van der Waals surface area contributed by atoms with Crippen molar-refractivity contribution in [1.82, 2.24) is 25.4 Å². The lowest BCUT2D eigenvalue weighted by molar-refractivity contribution is -0.124. The van der Waals surface area contributed by atoms with Crippen LogP contribution in [0.25, 0.3) is 0 Å². The van der Waals surface area contributed by atoms with Crippen molar-refractivity contribution in [3.8, 4) is 0 Å². The summed E-state index contributed by atoms with van der Waals surface area (Å²) in [6, 6.07) is 8.01. The Morgan fingerprint density at radius 3 is 3.00 bits per heavy atom. The Morgan fingerprint density at radius 1 is 1.36 bits per heavy atom. The third-order valence-corrected chi connectivity index (χ3v) is 5.62. The molecule has 11 heteroatoms. The quantitative estimate of drug-likeness (QED) is 0.265. The van der Waals surface area contributed by atoms with Gasteiger partial charge >= 0.3 is 0 Å². The number of carbonyl (C=O) groups is 1. The standard InChI is InChI=1S/C22H31N7O3.HI/c1-23-22(26-17-8-9-20-27-19(14-31-2)28-29(20)13-17)24-12-15-5-3-6-16(11-15)25-21(30)18-7-4-10-32-18;/h3,5-6,11,17-18H,4,7-10,12-14H2,1-2H3,(H,25,30)(H2,23,24,26);1H. The Balaban J connectivity index is 0.00000306. The average molecular weight is 569 g/mol. The van der Waals surface area contributed by atoms with Gasteiger partial charge in [0, 0.05) is 45.5 Å². The average Bonchev–Trinajstić information content (AvgIpc) is 3.47. The zero-order valence-corrected chi connectivity index (χ0v) is 21.4. The van der Waals surface area contributed by atoms with Gasteiger partial charge in [0.05, 0.1) is 6.54 Å². The second-order valence-electron chi connectivity index (χ2n) is 8.06. The molecule has 33 heavy (non-hydrogen) atoms. The number of aromatic nitrogens is 3. The highest BCUT2D eigenvalue weighted by molar-refractivity contribution is 14.0. The van der Waals surface area contributed by atoms with Gasteiger partial charge in [0.15, 0.2) is 11.8 Å². The highest BCUT2D eigenvalue weighted by Crippen LogP contribution is 2.17. The molecule has 0 radical (unpaired) electrons. The van der Waals surface area contributed by atoms with Gasteiger partial charge in [-0.3, -0.25) is 9.79 Å². The molecular formula is C22H32IN7O3. The number of benzene rings is 1. The largest absolute Gasteiger partial charge is 0.377 e. The molecule has 3 heterocycles. The molecule has 1 aromatic heterocycles.